The number of amides is 3. The number of carbonyl (C=O) groups is 3. The van der Waals surface area contributed by atoms with E-state index in [4.69, 9.17) is 5.11 Å². The fourth-order valence-electron chi connectivity index (χ4n) is 1.49. The third-order valence-electron chi connectivity index (χ3n) is 2.48. The lowest BCUT2D eigenvalue weighted by atomic mass is 10.2. The molecule has 0 atom stereocenters. The number of benzene rings is 1. The Balaban J connectivity index is 2.45. The van der Waals surface area contributed by atoms with Gasteiger partial charge in [0.05, 0.1) is 13.0 Å². The van der Waals surface area contributed by atoms with E-state index in [9.17, 15) is 14.4 Å². The van der Waals surface area contributed by atoms with Gasteiger partial charge in [0.25, 0.3) is 0 Å². The third-order valence-corrected chi connectivity index (χ3v) is 2.97. The summed E-state index contributed by atoms with van der Waals surface area (Å²) in [4.78, 5) is 34.4. The maximum atomic E-state index is 11.8. The average molecular weight is 385 g/mol. The lowest BCUT2D eigenvalue weighted by Crippen LogP contribution is -2.39. The van der Waals surface area contributed by atoms with Gasteiger partial charge in [0.1, 0.15) is 0 Å². The molecular formula is C14H17BrN4O4. The van der Waals surface area contributed by atoms with E-state index < -0.39 is 11.8 Å². The van der Waals surface area contributed by atoms with Crippen molar-refractivity contribution in [2.24, 2.45) is 5.10 Å². The molecule has 0 heterocycles. The van der Waals surface area contributed by atoms with E-state index in [1.807, 2.05) is 11.5 Å². The van der Waals surface area contributed by atoms with Gasteiger partial charge in [-0.05, 0) is 25.1 Å². The highest BCUT2D eigenvalue weighted by molar-refractivity contribution is 9.10. The van der Waals surface area contributed by atoms with E-state index >= 15 is 0 Å². The van der Waals surface area contributed by atoms with Crippen LogP contribution < -0.4 is 16.1 Å². The maximum Gasteiger partial charge on any atom is 0.329 e. The molecule has 1 aromatic rings. The Kier molecular flexibility index (Phi) is 7.92. The van der Waals surface area contributed by atoms with Crippen LogP contribution in [0.4, 0.5) is 5.69 Å². The van der Waals surface area contributed by atoms with Gasteiger partial charge in [0.15, 0.2) is 0 Å². The molecule has 0 aliphatic rings. The molecule has 8 nitrogen and oxygen atoms in total. The van der Waals surface area contributed by atoms with Crippen LogP contribution in [-0.2, 0) is 14.4 Å². The van der Waals surface area contributed by atoms with Crippen LogP contribution >= 0.6 is 15.9 Å². The van der Waals surface area contributed by atoms with Gasteiger partial charge in [-0.2, -0.15) is 5.10 Å². The number of carbonyl (C=O) groups excluding carboxylic acids is 3. The molecule has 0 radical (unpaired) electrons. The highest BCUT2D eigenvalue weighted by atomic mass is 79.9. The zero-order chi connectivity index (χ0) is 17.2. The van der Waals surface area contributed by atoms with E-state index in [-0.39, 0.29) is 25.5 Å². The van der Waals surface area contributed by atoms with E-state index in [0.717, 1.165) is 4.47 Å². The molecule has 9 heteroatoms. The summed E-state index contributed by atoms with van der Waals surface area (Å²) in [7, 11) is 0. The van der Waals surface area contributed by atoms with Crippen molar-refractivity contribution < 1.29 is 19.5 Å². The van der Waals surface area contributed by atoms with Crippen LogP contribution in [0.5, 0.6) is 0 Å². The normalized spacial score (nSPS) is 10.8. The average Bonchev–Trinajstić information content (AvgIpc) is 2.50. The van der Waals surface area contributed by atoms with Crippen LogP contribution in [0.15, 0.2) is 33.8 Å². The molecule has 0 aliphatic carbocycles. The topological polar surface area (TPSA) is 120 Å². The summed E-state index contributed by atoms with van der Waals surface area (Å²) in [6.45, 7) is 1.26. The molecule has 1 rings (SSSR count). The molecule has 23 heavy (non-hydrogen) atoms. The summed E-state index contributed by atoms with van der Waals surface area (Å²) in [6.07, 6.45) is -0.0367. The van der Waals surface area contributed by atoms with Crippen molar-refractivity contribution in [3.05, 3.63) is 28.7 Å². The lowest BCUT2D eigenvalue weighted by molar-refractivity contribution is -0.139. The van der Waals surface area contributed by atoms with Crippen molar-refractivity contribution in [3.63, 3.8) is 0 Å². The van der Waals surface area contributed by atoms with Gasteiger partial charge in [0, 0.05) is 22.4 Å². The number of anilines is 1. The summed E-state index contributed by atoms with van der Waals surface area (Å²) < 4.78 is 0.835. The zero-order valence-electron chi connectivity index (χ0n) is 12.4. The number of halogens is 1. The van der Waals surface area contributed by atoms with Crippen LogP contribution in [-0.4, -0.2) is 41.7 Å². The van der Waals surface area contributed by atoms with Gasteiger partial charge in [0.2, 0.25) is 5.91 Å². The SMILES string of the molecule is C/C(CC(=O)Nc1cccc(Br)c1)=N/NC(=O)C(=O)NCCO. The molecule has 0 saturated heterocycles. The van der Waals surface area contributed by atoms with Gasteiger partial charge in [-0.25, -0.2) is 5.43 Å². The number of aliphatic hydroxyl groups is 1. The minimum atomic E-state index is -0.967. The van der Waals surface area contributed by atoms with Gasteiger partial charge < -0.3 is 15.7 Å². The standard InChI is InChI=1S/C14H17BrN4O4/c1-9(18-19-14(23)13(22)16-5-6-20)7-12(21)17-11-4-2-3-10(15)8-11/h2-4,8,20H,5-7H2,1H3,(H,16,22)(H,17,21)(H,19,23)/b18-9-. The number of hydrazone groups is 1. The van der Waals surface area contributed by atoms with Crippen molar-refractivity contribution >= 4 is 45.1 Å². The fraction of sp³-hybridized carbons (Fsp3) is 0.286. The van der Waals surface area contributed by atoms with Crippen LogP contribution in [0.1, 0.15) is 13.3 Å². The zero-order valence-corrected chi connectivity index (χ0v) is 14.0. The summed E-state index contributed by atoms with van der Waals surface area (Å²) in [5.74, 6) is -2.18. The maximum absolute atomic E-state index is 11.8. The van der Waals surface area contributed by atoms with E-state index in [0.29, 0.717) is 11.4 Å². The summed E-state index contributed by atoms with van der Waals surface area (Å²) in [5, 5.41) is 17.1. The Morgan fingerprint density at radius 3 is 2.65 bits per heavy atom. The monoisotopic (exact) mass is 384 g/mol. The lowest BCUT2D eigenvalue weighted by Gasteiger charge is -2.06. The first-order valence-electron chi connectivity index (χ1n) is 6.70. The Hall–Kier alpha value is -2.26. The quantitative estimate of drug-likeness (QED) is 0.321. The Labute approximate surface area is 141 Å². The largest absolute Gasteiger partial charge is 0.395 e. The van der Waals surface area contributed by atoms with Crippen molar-refractivity contribution in [2.45, 2.75) is 13.3 Å². The summed E-state index contributed by atoms with van der Waals surface area (Å²) >= 11 is 3.30. The molecule has 0 aliphatic heterocycles. The van der Waals surface area contributed by atoms with E-state index in [1.165, 1.54) is 0 Å². The highest BCUT2D eigenvalue weighted by Crippen LogP contribution is 2.15. The highest BCUT2D eigenvalue weighted by Gasteiger charge is 2.12. The van der Waals surface area contributed by atoms with Crippen molar-refractivity contribution in [1.82, 2.24) is 10.7 Å². The molecule has 3 amide bonds. The van der Waals surface area contributed by atoms with E-state index in [2.05, 4.69) is 31.7 Å². The molecule has 1 aromatic carbocycles. The minimum Gasteiger partial charge on any atom is -0.395 e. The Bertz CT molecular complexity index is 619. The van der Waals surface area contributed by atoms with Crippen molar-refractivity contribution in [2.75, 3.05) is 18.5 Å². The van der Waals surface area contributed by atoms with Crippen molar-refractivity contribution in [1.29, 1.82) is 0 Å². The molecule has 0 spiro atoms. The second-order valence-electron chi connectivity index (χ2n) is 4.50. The third kappa shape index (κ3) is 7.52. The Morgan fingerprint density at radius 1 is 1.26 bits per heavy atom. The van der Waals surface area contributed by atoms with Crippen LogP contribution in [0.25, 0.3) is 0 Å². The molecule has 0 aromatic heterocycles. The second kappa shape index (κ2) is 9.70. The fourth-order valence-corrected chi connectivity index (χ4v) is 1.89. The molecule has 0 fully saturated rings. The number of nitrogens with zero attached hydrogens (tertiary/aromatic N) is 1. The smallest absolute Gasteiger partial charge is 0.329 e. The van der Waals surface area contributed by atoms with Crippen LogP contribution in [0.2, 0.25) is 0 Å². The minimum absolute atomic E-state index is 0.0238. The first-order chi connectivity index (χ1) is 10.9. The summed E-state index contributed by atoms with van der Waals surface area (Å²) in [6, 6.07) is 7.10. The van der Waals surface area contributed by atoms with Gasteiger partial charge >= 0.3 is 11.8 Å². The molecule has 0 bridgehead atoms. The second-order valence-corrected chi connectivity index (χ2v) is 5.42. The predicted molar refractivity (Wildman–Crippen MR) is 88.7 cm³/mol. The molecule has 0 saturated carbocycles. The molecule has 4 N–H and O–H groups in total. The number of hydrogen-bond donors (Lipinski definition) is 4. The Morgan fingerprint density at radius 2 is 2.00 bits per heavy atom. The van der Waals surface area contributed by atoms with Crippen LogP contribution in [0.3, 0.4) is 0 Å². The molecule has 124 valence electrons. The number of rotatable bonds is 6. The first kappa shape index (κ1) is 18.8. The van der Waals surface area contributed by atoms with Gasteiger partial charge in [-0.3, -0.25) is 14.4 Å². The van der Waals surface area contributed by atoms with Crippen LogP contribution in [0, 0.1) is 0 Å². The van der Waals surface area contributed by atoms with Crippen molar-refractivity contribution in [3.8, 4) is 0 Å². The first-order valence-corrected chi connectivity index (χ1v) is 7.49. The summed E-state index contributed by atoms with van der Waals surface area (Å²) in [5.41, 5.74) is 3.00. The number of hydrogen-bond acceptors (Lipinski definition) is 5. The molecular weight excluding hydrogens is 368 g/mol. The van der Waals surface area contributed by atoms with Gasteiger partial charge in [-0.15, -0.1) is 0 Å². The van der Waals surface area contributed by atoms with Gasteiger partial charge in [-0.1, -0.05) is 22.0 Å². The van der Waals surface area contributed by atoms with E-state index in [1.54, 1.807) is 25.1 Å². The number of nitrogens with one attached hydrogen (secondary N) is 3. The predicted octanol–water partition coefficient (Wildman–Crippen LogP) is 0.378. The number of aliphatic hydroxyl groups excluding tert-OH is 1. The molecule has 0 unspecified atom stereocenters.